The van der Waals surface area contributed by atoms with Crippen LogP contribution in [0.5, 0.6) is 0 Å². The highest BCUT2D eigenvalue weighted by Crippen LogP contribution is 2.05. The van der Waals surface area contributed by atoms with Crippen molar-refractivity contribution in [2.45, 2.75) is 38.7 Å². The Morgan fingerprint density at radius 3 is 2.45 bits per heavy atom. The van der Waals surface area contributed by atoms with Gasteiger partial charge in [0.25, 0.3) is 0 Å². The zero-order chi connectivity index (χ0) is 8.74. The Labute approximate surface area is 69.4 Å². The Morgan fingerprint density at radius 2 is 2.00 bits per heavy atom. The maximum Gasteiger partial charge on any atom is 0.0771 e. The van der Waals surface area contributed by atoms with Crippen LogP contribution in [0.3, 0.4) is 0 Å². The van der Waals surface area contributed by atoms with Gasteiger partial charge in [0.05, 0.1) is 5.60 Å². The maximum absolute atomic E-state index is 9.27. The molecule has 0 aromatic heterocycles. The number of hydrogen-bond acceptors (Lipinski definition) is 1. The highest BCUT2D eigenvalue weighted by Gasteiger charge is 2.04. The van der Waals surface area contributed by atoms with Gasteiger partial charge in [-0.15, -0.1) is 6.58 Å². The van der Waals surface area contributed by atoms with Gasteiger partial charge in [-0.3, -0.25) is 0 Å². The fourth-order valence-electron chi connectivity index (χ4n) is 0.752. The number of allylic oxidation sites excluding steroid dienone is 2. The molecule has 1 heteroatoms. The Balaban J connectivity index is 3.37. The minimum absolute atomic E-state index is 0.659. The average Bonchev–Trinajstić information content (AvgIpc) is 1.85. The van der Waals surface area contributed by atoms with E-state index in [0.29, 0.717) is 0 Å². The highest BCUT2D eigenvalue weighted by molar-refractivity contribution is 4.95. The van der Waals surface area contributed by atoms with Gasteiger partial charge < -0.3 is 5.11 Å². The van der Waals surface area contributed by atoms with Crippen LogP contribution in [0.25, 0.3) is 0 Å². The molecule has 0 atom stereocenters. The molecule has 64 valence electrons. The second-order valence-corrected chi connectivity index (χ2v) is 3.28. The van der Waals surface area contributed by atoms with E-state index in [1.54, 1.807) is 13.8 Å². The number of unbranched alkanes of at least 4 members (excludes halogenated alkanes) is 2. The van der Waals surface area contributed by atoms with Crippen LogP contribution >= 0.6 is 0 Å². The van der Waals surface area contributed by atoms with Gasteiger partial charge in [0.1, 0.15) is 0 Å². The van der Waals surface area contributed by atoms with E-state index >= 15 is 0 Å². The predicted octanol–water partition coefficient (Wildman–Crippen LogP) is 2.67. The van der Waals surface area contributed by atoms with Gasteiger partial charge in [0.2, 0.25) is 0 Å². The summed E-state index contributed by atoms with van der Waals surface area (Å²) in [4.78, 5) is 0. The molecule has 0 spiro atoms. The van der Waals surface area contributed by atoms with Crippen LogP contribution in [-0.4, -0.2) is 10.7 Å². The molecule has 0 rings (SSSR count). The molecule has 1 N–H and O–H groups in total. The predicted molar refractivity (Wildman–Crippen MR) is 49.5 cm³/mol. The van der Waals surface area contributed by atoms with Gasteiger partial charge in [-0.1, -0.05) is 18.2 Å². The Bertz CT molecular complexity index is 128. The van der Waals surface area contributed by atoms with Gasteiger partial charge in [-0.2, -0.15) is 0 Å². The molecule has 0 saturated heterocycles. The molecule has 0 aliphatic rings. The summed E-state index contributed by atoms with van der Waals surface area (Å²) in [5.74, 6) is 0. The van der Waals surface area contributed by atoms with Crippen molar-refractivity contribution in [1.29, 1.82) is 0 Å². The number of aliphatic hydroxyl groups is 1. The molecule has 0 aliphatic carbocycles. The lowest BCUT2D eigenvalue weighted by Gasteiger charge is -2.09. The molecule has 0 fully saturated rings. The summed E-state index contributed by atoms with van der Waals surface area (Å²) in [6, 6.07) is 0. The molecular weight excluding hydrogens is 136 g/mol. The van der Waals surface area contributed by atoms with Crippen LogP contribution in [0.4, 0.5) is 0 Å². The first kappa shape index (κ1) is 10.4. The molecule has 0 heterocycles. The summed E-state index contributed by atoms with van der Waals surface area (Å²) in [6.45, 7) is 7.18. The molecule has 0 aromatic rings. The van der Waals surface area contributed by atoms with Crippen molar-refractivity contribution in [2.24, 2.45) is 0 Å². The van der Waals surface area contributed by atoms with Crippen molar-refractivity contribution >= 4 is 0 Å². The van der Waals surface area contributed by atoms with E-state index in [-0.39, 0.29) is 0 Å². The van der Waals surface area contributed by atoms with E-state index in [9.17, 15) is 5.11 Å². The smallest absolute Gasteiger partial charge is 0.0771 e. The third-order valence-corrected chi connectivity index (χ3v) is 1.30. The van der Waals surface area contributed by atoms with Crippen molar-refractivity contribution in [3.8, 4) is 0 Å². The zero-order valence-electron chi connectivity index (χ0n) is 7.51. The third kappa shape index (κ3) is 9.44. The number of hydrogen-bond donors (Lipinski definition) is 1. The van der Waals surface area contributed by atoms with E-state index < -0.39 is 5.60 Å². The van der Waals surface area contributed by atoms with E-state index in [1.807, 2.05) is 18.2 Å². The fraction of sp³-hybridized carbons (Fsp3) is 0.600. The van der Waals surface area contributed by atoms with Crippen molar-refractivity contribution in [2.75, 3.05) is 0 Å². The lowest BCUT2D eigenvalue weighted by atomic mass is 10.1. The summed E-state index contributed by atoms with van der Waals surface area (Å²) in [5, 5.41) is 9.27. The zero-order valence-corrected chi connectivity index (χ0v) is 7.51. The summed E-state index contributed by atoms with van der Waals surface area (Å²) in [5.41, 5.74) is -0.659. The Morgan fingerprint density at radius 1 is 1.36 bits per heavy atom. The second kappa shape index (κ2) is 5.14. The lowest BCUT2D eigenvalue weighted by molar-refractivity contribution is 0.133. The van der Waals surface area contributed by atoms with Crippen molar-refractivity contribution < 1.29 is 5.11 Å². The lowest BCUT2D eigenvalue weighted by Crippen LogP contribution is -2.13. The summed E-state index contributed by atoms with van der Waals surface area (Å²) >= 11 is 0. The molecule has 0 aliphatic heterocycles. The van der Waals surface area contributed by atoms with Gasteiger partial charge >= 0.3 is 0 Å². The second-order valence-electron chi connectivity index (χ2n) is 3.28. The van der Waals surface area contributed by atoms with Crippen LogP contribution in [0.1, 0.15) is 33.1 Å². The van der Waals surface area contributed by atoms with Gasteiger partial charge in [0.15, 0.2) is 0 Å². The Hall–Kier alpha value is -0.560. The number of rotatable bonds is 5. The SMILES string of the molecule is C=CCCCC=CC(C)(C)O. The first-order valence-corrected chi connectivity index (χ1v) is 4.07. The third-order valence-electron chi connectivity index (χ3n) is 1.30. The van der Waals surface area contributed by atoms with E-state index in [1.165, 1.54) is 0 Å². The molecule has 0 saturated carbocycles. The van der Waals surface area contributed by atoms with Gasteiger partial charge in [-0.05, 0) is 33.1 Å². The molecule has 0 radical (unpaired) electrons. The minimum Gasteiger partial charge on any atom is -0.386 e. The topological polar surface area (TPSA) is 20.2 Å². The summed E-state index contributed by atoms with van der Waals surface area (Å²) in [7, 11) is 0. The molecule has 0 unspecified atom stereocenters. The normalized spacial score (nSPS) is 12.3. The maximum atomic E-state index is 9.27. The molecule has 0 amide bonds. The molecular formula is C10H18O. The van der Waals surface area contributed by atoms with Crippen molar-refractivity contribution in [3.63, 3.8) is 0 Å². The van der Waals surface area contributed by atoms with Crippen LogP contribution in [0.2, 0.25) is 0 Å². The average molecular weight is 154 g/mol. The van der Waals surface area contributed by atoms with E-state index in [0.717, 1.165) is 19.3 Å². The van der Waals surface area contributed by atoms with Crippen molar-refractivity contribution in [3.05, 3.63) is 24.8 Å². The van der Waals surface area contributed by atoms with Gasteiger partial charge in [-0.25, -0.2) is 0 Å². The fourth-order valence-corrected chi connectivity index (χ4v) is 0.752. The van der Waals surface area contributed by atoms with Crippen LogP contribution in [0.15, 0.2) is 24.8 Å². The highest BCUT2D eigenvalue weighted by atomic mass is 16.3. The van der Waals surface area contributed by atoms with Gasteiger partial charge in [0, 0.05) is 0 Å². The molecule has 11 heavy (non-hydrogen) atoms. The van der Waals surface area contributed by atoms with Crippen molar-refractivity contribution in [1.82, 2.24) is 0 Å². The standard InChI is InChI=1S/C10H18O/c1-4-5-6-7-8-9-10(2,3)11/h4,8-9,11H,1,5-7H2,2-3H3. The molecule has 0 aromatic carbocycles. The summed E-state index contributed by atoms with van der Waals surface area (Å²) < 4.78 is 0. The van der Waals surface area contributed by atoms with E-state index in [4.69, 9.17) is 0 Å². The monoisotopic (exact) mass is 154 g/mol. The largest absolute Gasteiger partial charge is 0.386 e. The minimum atomic E-state index is -0.659. The first-order valence-electron chi connectivity index (χ1n) is 4.07. The molecule has 1 nitrogen and oxygen atoms in total. The quantitative estimate of drug-likeness (QED) is 0.477. The van der Waals surface area contributed by atoms with E-state index in [2.05, 4.69) is 6.58 Å². The Kier molecular flexibility index (Phi) is 4.88. The molecule has 0 bridgehead atoms. The summed E-state index contributed by atoms with van der Waals surface area (Å²) in [6.07, 6.45) is 8.96. The van der Waals surface area contributed by atoms with Crippen LogP contribution in [0, 0.1) is 0 Å². The van der Waals surface area contributed by atoms with Crippen LogP contribution < -0.4 is 0 Å². The van der Waals surface area contributed by atoms with Crippen LogP contribution in [-0.2, 0) is 0 Å². The first-order chi connectivity index (χ1) is 5.06.